The van der Waals surface area contributed by atoms with Gasteiger partial charge < -0.3 is 15.0 Å². The minimum Gasteiger partial charge on any atom is -0.488 e. The van der Waals surface area contributed by atoms with Crippen molar-refractivity contribution in [2.75, 3.05) is 18.4 Å². The van der Waals surface area contributed by atoms with Gasteiger partial charge in [0.05, 0.1) is 6.54 Å². The van der Waals surface area contributed by atoms with Crippen molar-refractivity contribution in [2.45, 2.75) is 12.5 Å². The lowest BCUT2D eigenvalue weighted by molar-refractivity contribution is 0.195. The molecule has 2 aromatic carbocycles. The smallest absolute Gasteiger partial charge is 0.321 e. The van der Waals surface area contributed by atoms with Crippen LogP contribution < -0.4 is 10.1 Å². The van der Waals surface area contributed by atoms with E-state index < -0.39 is 0 Å². The summed E-state index contributed by atoms with van der Waals surface area (Å²) >= 11 is 7.57. The predicted molar refractivity (Wildman–Crippen MR) is 109 cm³/mol. The van der Waals surface area contributed by atoms with Gasteiger partial charge in [-0.1, -0.05) is 17.7 Å². The largest absolute Gasteiger partial charge is 0.488 e. The molecule has 2 heterocycles. The first-order valence-electron chi connectivity index (χ1n) is 8.65. The molecule has 138 valence electrons. The fraction of sp³-hybridized carbons (Fsp3) is 0.200. The number of nitrogens with zero attached hydrogens (tertiary/aromatic N) is 2. The first-order valence-corrected chi connectivity index (χ1v) is 9.91. The molecule has 0 spiro atoms. The molecule has 4 rings (SSSR count). The number of aromatic nitrogens is 1. The second-order valence-electron chi connectivity index (χ2n) is 6.28. The average Bonchev–Trinajstić information content (AvgIpc) is 3.34. The van der Waals surface area contributed by atoms with Crippen molar-refractivity contribution >= 4 is 34.7 Å². The Balaban J connectivity index is 1.32. The van der Waals surface area contributed by atoms with E-state index >= 15 is 0 Å². The summed E-state index contributed by atoms with van der Waals surface area (Å²) in [6, 6.07) is 14.9. The van der Waals surface area contributed by atoms with E-state index in [-0.39, 0.29) is 12.1 Å². The molecule has 1 saturated heterocycles. The van der Waals surface area contributed by atoms with Crippen LogP contribution in [0.3, 0.4) is 0 Å². The molecule has 1 aliphatic heterocycles. The SMILES string of the molecule is O=C(Nc1ccc(-c2nccs2)cc1)N1CCC(Oc2cccc(Cl)c2)C1. The number of rotatable bonds is 4. The molecule has 1 N–H and O–H groups in total. The van der Waals surface area contributed by atoms with Crippen LogP contribution in [-0.2, 0) is 0 Å². The zero-order valence-corrected chi connectivity index (χ0v) is 16.0. The van der Waals surface area contributed by atoms with E-state index in [4.69, 9.17) is 16.3 Å². The van der Waals surface area contributed by atoms with E-state index in [2.05, 4.69) is 10.3 Å². The minimum absolute atomic E-state index is 0.0264. The zero-order chi connectivity index (χ0) is 18.6. The summed E-state index contributed by atoms with van der Waals surface area (Å²) in [6.45, 7) is 1.21. The molecule has 27 heavy (non-hydrogen) atoms. The molecule has 7 heteroatoms. The zero-order valence-electron chi connectivity index (χ0n) is 14.5. The van der Waals surface area contributed by atoms with Crippen molar-refractivity contribution in [3.8, 4) is 16.3 Å². The quantitative estimate of drug-likeness (QED) is 0.660. The first-order chi connectivity index (χ1) is 13.2. The number of anilines is 1. The van der Waals surface area contributed by atoms with E-state index in [1.807, 2.05) is 47.8 Å². The van der Waals surface area contributed by atoms with Gasteiger partial charge in [-0.05, 0) is 42.5 Å². The number of nitrogens with one attached hydrogen (secondary N) is 1. The highest BCUT2D eigenvalue weighted by molar-refractivity contribution is 7.13. The van der Waals surface area contributed by atoms with Gasteiger partial charge in [-0.15, -0.1) is 11.3 Å². The van der Waals surface area contributed by atoms with E-state index in [1.54, 1.807) is 28.5 Å². The topological polar surface area (TPSA) is 54.5 Å². The molecule has 3 aromatic rings. The number of carbonyl (C=O) groups excluding carboxylic acids is 1. The molecule has 0 aliphatic carbocycles. The van der Waals surface area contributed by atoms with Crippen molar-refractivity contribution in [2.24, 2.45) is 0 Å². The summed E-state index contributed by atoms with van der Waals surface area (Å²) in [5.41, 5.74) is 1.80. The maximum atomic E-state index is 12.5. The molecule has 1 unspecified atom stereocenters. The number of urea groups is 1. The molecular formula is C20H18ClN3O2S. The summed E-state index contributed by atoms with van der Waals surface area (Å²) in [7, 11) is 0. The van der Waals surface area contributed by atoms with Crippen LogP contribution in [0.15, 0.2) is 60.1 Å². The van der Waals surface area contributed by atoms with Crippen LogP contribution in [-0.4, -0.2) is 35.1 Å². The van der Waals surface area contributed by atoms with Crippen LogP contribution in [0, 0.1) is 0 Å². The third-order valence-electron chi connectivity index (χ3n) is 4.35. The summed E-state index contributed by atoms with van der Waals surface area (Å²) < 4.78 is 5.93. The number of amides is 2. The van der Waals surface area contributed by atoms with Crippen molar-refractivity contribution in [3.63, 3.8) is 0 Å². The Morgan fingerprint density at radius 1 is 1.26 bits per heavy atom. The highest BCUT2D eigenvalue weighted by Gasteiger charge is 2.27. The number of thiazole rings is 1. The number of benzene rings is 2. The lowest BCUT2D eigenvalue weighted by Crippen LogP contribution is -2.34. The van der Waals surface area contributed by atoms with E-state index in [0.717, 1.165) is 28.4 Å². The second-order valence-corrected chi connectivity index (χ2v) is 7.61. The maximum absolute atomic E-state index is 12.5. The van der Waals surface area contributed by atoms with Gasteiger partial charge in [0.2, 0.25) is 0 Å². The lowest BCUT2D eigenvalue weighted by Gasteiger charge is -2.18. The lowest BCUT2D eigenvalue weighted by atomic mass is 10.2. The monoisotopic (exact) mass is 399 g/mol. The predicted octanol–water partition coefficient (Wildman–Crippen LogP) is 5.15. The molecule has 1 atom stereocenters. The number of halogens is 1. The van der Waals surface area contributed by atoms with Gasteiger partial charge in [0.15, 0.2) is 0 Å². The van der Waals surface area contributed by atoms with Crippen LogP contribution in [0.5, 0.6) is 5.75 Å². The van der Waals surface area contributed by atoms with Gasteiger partial charge in [-0.25, -0.2) is 9.78 Å². The van der Waals surface area contributed by atoms with Gasteiger partial charge in [0.25, 0.3) is 0 Å². The van der Waals surface area contributed by atoms with Gasteiger partial charge in [0, 0.05) is 40.8 Å². The highest BCUT2D eigenvalue weighted by Crippen LogP contribution is 2.24. The molecule has 1 aliphatic rings. The Bertz CT molecular complexity index is 915. The van der Waals surface area contributed by atoms with Gasteiger partial charge >= 0.3 is 6.03 Å². The number of carbonyl (C=O) groups is 1. The van der Waals surface area contributed by atoms with Crippen LogP contribution >= 0.6 is 22.9 Å². The third kappa shape index (κ3) is 4.40. The Kier molecular flexibility index (Phi) is 5.27. The summed E-state index contributed by atoms with van der Waals surface area (Å²) in [5.74, 6) is 0.729. The molecule has 0 radical (unpaired) electrons. The van der Waals surface area contributed by atoms with Gasteiger partial charge in [0.1, 0.15) is 16.9 Å². The molecule has 1 aromatic heterocycles. The minimum atomic E-state index is -0.116. The fourth-order valence-electron chi connectivity index (χ4n) is 3.01. The normalized spacial score (nSPS) is 16.3. The molecule has 2 amide bonds. The van der Waals surface area contributed by atoms with Crippen LogP contribution in [0.2, 0.25) is 5.02 Å². The Hall–Kier alpha value is -2.57. The maximum Gasteiger partial charge on any atom is 0.321 e. The Morgan fingerprint density at radius 3 is 2.85 bits per heavy atom. The standard InChI is InChI=1S/C20H18ClN3O2S/c21-15-2-1-3-17(12-15)26-18-8-10-24(13-18)20(25)23-16-6-4-14(5-7-16)19-22-9-11-27-19/h1-7,9,11-12,18H,8,10,13H2,(H,23,25). The van der Waals surface area contributed by atoms with E-state index in [9.17, 15) is 4.79 Å². The molecule has 1 fully saturated rings. The second kappa shape index (κ2) is 7.98. The molecular weight excluding hydrogens is 382 g/mol. The summed E-state index contributed by atoms with van der Waals surface area (Å²) in [4.78, 5) is 18.6. The molecule has 0 saturated carbocycles. The van der Waals surface area contributed by atoms with E-state index in [1.165, 1.54) is 0 Å². The Labute approximate surface area is 166 Å². The van der Waals surface area contributed by atoms with Crippen LogP contribution in [0.1, 0.15) is 6.42 Å². The summed E-state index contributed by atoms with van der Waals surface area (Å²) in [6.07, 6.45) is 2.55. The Morgan fingerprint density at radius 2 is 2.11 bits per heavy atom. The fourth-order valence-corrected chi connectivity index (χ4v) is 3.83. The summed E-state index contributed by atoms with van der Waals surface area (Å²) in [5, 5.41) is 6.49. The number of likely N-dealkylation sites (tertiary alicyclic amines) is 1. The third-order valence-corrected chi connectivity index (χ3v) is 5.40. The highest BCUT2D eigenvalue weighted by atomic mass is 35.5. The van der Waals surface area contributed by atoms with Gasteiger partial charge in [-0.3, -0.25) is 0 Å². The van der Waals surface area contributed by atoms with Crippen molar-refractivity contribution < 1.29 is 9.53 Å². The van der Waals surface area contributed by atoms with Crippen molar-refractivity contribution in [3.05, 3.63) is 65.1 Å². The van der Waals surface area contributed by atoms with Crippen molar-refractivity contribution in [1.29, 1.82) is 0 Å². The van der Waals surface area contributed by atoms with Gasteiger partial charge in [-0.2, -0.15) is 0 Å². The average molecular weight is 400 g/mol. The number of hydrogen-bond donors (Lipinski definition) is 1. The van der Waals surface area contributed by atoms with Crippen molar-refractivity contribution in [1.82, 2.24) is 9.88 Å². The molecule has 0 bridgehead atoms. The van der Waals surface area contributed by atoms with Crippen LogP contribution in [0.25, 0.3) is 10.6 Å². The van der Waals surface area contributed by atoms with E-state index in [0.29, 0.717) is 18.1 Å². The number of hydrogen-bond acceptors (Lipinski definition) is 4. The first kappa shape index (κ1) is 17.8. The number of ether oxygens (including phenoxy) is 1. The molecule has 5 nitrogen and oxygen atoms in total. The van der Waals surface area contributed by atoms with Crippen LogP contribution in [0.4, 0.5) is 10.5 Å².